The van der Waals surface area contributed by atoms with Crippen LogP contribution < -0.4 is 5.73 Å². The number of anilines is 1. The van der Waals surface area contributed by atoms with Gasteiger partial charge >= 0.3 is 5.97 Å². The van der Waals surface area contributed by atoms with Crippen LogP contribution in [0.2, 0.25) is 0 Å². The van der Waals surface area contributed by atoms with Gasteiger partial charge in [0.1, 0.15) is 11.3 Å². The second kappa shape index (κ2) is 3.87. The zero-order valence-corrected chi connectivity index (χ0v) is 7.11. The van der Waals surface area contributed by atoms with Crippen molar-refractivity contribution in [3.05, 3.63) is 23.8 Å². The zero-order valence-electron chi connectivity index (χ0n) is 6.11. The van der Waals surface area contributed by atoms with Crippen LogP contribution >= 0.6 is 13.5 Å². The van der Waals surface area contributed by atoms with Crippen LogP contribution in [-0.4, -0.2) is 16.2 Å². The summed E-state index contributed by atoms with van der Waals surface area (Å²) in [6.07, 6.45) is 0. The summed E-state index contributed by atoms with van der Waals surface area (Å²) < 4.78 is 0. The lowest BCUT2D eigenvalue weighted by Gasteiger charge is -1.98. The van der Waals surface area contributed by atoms with E-state index in [1.807, 2.05) is 0 Å². The highest BCUT2D eigenvalue weighted by Gasteiger charge is 2.07. The molecule has 0 saturated heterocycles. The molecular formula is C7H9NO3S. The van der Waals surface area contributed by atoms with Crippen LogP contribution in [0.3, 0.4) is 0 Å². The standard InChI is InChI=1S/C7H7NO3.H2S/c8-4-1-2-5(7(10)11)6(9)3-4;/h1-3,9H,8H2,(H,10,11);1H2. The normalized spacial score (nSPS) is 8.67. The van der Waals surface area contributed by atoms with Crippen LogP contribution in [0, 0.1) is 0 Å². The summed E-state index contributed by atoms with van der Waals surface area (Å²) in [5.41, 5.74) is 5.48. The van der Waals surface area contributed by atoms with Crippen LogP contribution in [0.4, 0.5) is 5.69 Å². The quantitative estimate of drug-likeness (QED) is 0.567. The molecule has 12 heavy (non-hydrogen) atoms. The Morgan fingerprint density at radius 1 is 1.42 bits per heavy atom. The van der Waals surface area contributed by atoms with Crippen LogP contribution in [0.1, 0.15) is 10.4 Å². The molecular weight excluding hydrogens is 178 g/mol. The van der Waals surface area contributed by atoms with E-state index in [2.05, 4.69) is 0 Å². The molecule has 0 unspecified atom stereocenters. The first-order chi connectivity index (χ1) is 5.11. The Balaban J connectivity index is 0.00000121. The minimum atomic E-state index is -1.16. The van der Waals surface area contributed by atoms with E-state index in [1.54, 1.807) is 0 Å². The number of aromatic hydroxyl groups is 1. The van der Waals surface area contributed by atoms with Crippen molar-refractivity contribution in [2.24, 2.45) is 0 Å². The Hall–Kier alpha value is -1.36. The molecule has 0 radical (unpaired) electrons. The molecule has 0 fully saturated rings. The van der Waals surface area contributed by atoms with Crippen molar-refractivity contribution in [2.45, 2.75) is 0 Å². The molecule has 0 aliphatic heterocycles. The third kappa shape index (κ3) is 2.06. The van der Waals surface area contributed by atoms with Crippen molar-refractivity contribution in [1.29, 1.82) is 0 Å². The number of nitrogen functional groups attached to an aromatic ring is 1. The largest absolute Gasteiger partial charge is 0.507 e. The minimum Gasteiger partial charge on any atom is -0.507 e. The zero-order chi connectivity index (χ0) is 8.43. The van der Waals surface area contributed by atoms with Gasteiger partial charge in [-0.25, -0.2) is 4.79 Å². The van der Waals surface area contributed by atoms with E-state index in [4.69, 9.17) is 15.9 Å². The molecule has 0 heterocycles. The van der Waals surface area contributed by atoms with Gasteiger partial charge in [-0.05, 0) is 12.1 Å². The van der Waals surface area contributed by atoms with Gasteiger partial charge in [0, 0.05) is 11.8 Å². The average molecular weight is 187 g/mol. The number of phenols is 1. The van der Waals surface area contributed by atoms with Crippen molar-refractivity contribution in [1.82, 2.24) is 0 Å². The molecule has 0 atom stereocenters. The Bertz CT molecular complexity index is 301. The van der Waals surface area contributed by atoms with E-state index in [0.29, 0.717) is 5.69 Å². The average Bonchev–Trinajstić information content (AvgIpc) is 1.85. The van der Waals surface area contributed by atoms with E-state index in [1.165, 1.54) is 18.2 Å². The number of carboxylic acids is 1. The first-order valence-electron chi connectivity index (χ1n) is 2.93. The van der Waals surface area contributed by atoms with Crippen molar-refractivity contribution in [3.63, 3.8) is 0 Å². The lowest BCUT2D eigenvalue weighted by Crippen LogP contribution is -1.97. The van der Waals surface area contributed by atoms with E-state index in [9.17, 15) is 4.79 Å². The number of hydrogen-bond acceptors (Lipinski definition) is 3. The summed E-state index contributed by atoms with van der Waals surface area (Å²) in [7, 11) is 0. The summed E-state index contributed by atoms with van der Waals surface area (Å²) >= 11 is 0. The monoisotopic (exact) mass is 187 g/mol. The number of nitrogens with two attached hydrogens (primary N) is 1. The third-order valence-corrected chi connectivity index (χ3v) is 1.25. The van der Waals surface area contributed by atoms with Crippen LogP contribution in [-0.2, 0) is 0 Å². The molecule has 0 saturated carbocycles. The number of carboxylic acid groups (broad SMARTS) is 1. The molecule has 0 aromatic heterocycles. The van der Waals surface area contributed by atoms with Gasteiger partial charge in [0.15, 0.2) is 0 Å². The van der Waals surface area contributed by atoms with Gasteiger partial charge in [0.2, 0.25) is 0 Å². The van der Waals surface area contributed by atoms with Gasteiger partial charge in [-0.3, -0.25) is 0 Å². The first-order valence-corrected chi connectivity index (χ1v) is 2.93. The highest BCUT2D eigenvalue weighted by Crippen LogP contribution is 2.19. The van der Waals surface area contributed by atoms with Crippen molar-refractivity contribution >= 4 is 25.2 Å². The molecule has 1 aromatic carbocycles. The number of hydrogen-bond donors (Lipinski definition) is 3. The molecule has 0 amide bonds. The lowest BCUT2D eigenvalue weighted by atomic mass is 10.2. The maximum atomic E-state index is 10.3. The van der Waals surface area contributed by atoms with Crippen molar-refractivity contribution < 1.29 is 15.0 Å². The van der Waals surface area contributed by atoms with Gasteiger partial charge in [-0.15, -0.1) is 0 Å². The molecule has 1 aromatic rings. The number of rotatable bonds is 1. The van der Waals surface area contributed by atoms with Crippen LogP contribution in [0.5, 0.6) is 5.75 Å². The molecule has 66 valence electrons. The Morgan fingerprint density at radius 2 is 2.00 bits per heavy atom. The fraction of sp³-hybridized carbons (Fsp3) is 0. The predicted octanol–water partition coefficient (Wildman–Crippen LogP) is 0.785. The molecule has 0 aliphatic carbocycles. The maximum Gasteiger partial charge on any atom is 0.339 e. The minimum absolute atomic E-state index is 0. The van der Waals surface area contributed by atoms with Gasteiger partial charge in [-0.2, -0.15) is 13.5 Å². The topological polar surface area (TPSA) is 83.6 Å². The van der Waals surface area contributed by atoms with Crippen molar-refractivity contribution in [3.8, 4) is 5.75 Å². The molecule has 1 rings (SSSR count). The summed E-state index contributed by atoms with van der Waals surface area (Å²) in [5.74, 6) is -1.47. The predicted molar refractivity (Wildman–Crippen MR) is 49.9 cm³/mol. The smallest absolute Gasteiger partial charge is 0.339 e. The molecule has 4 N–H and O–H groups in total. The fourth-order valence-corrected chi connectivity index (χ4v) is 0.730. The number of aromatic carboxylic acids is 1. The van der Waals surface area contributed by atoms with Crippen LogP contribution in [0.15, 0.2) is 18.2 Å². The molecule has 0 bridgehead atoms. The fourth-order valence-electron chi connectivity index (χ4n) is 0.730. The van der Waals surface area contributed by atoms with Gasteiger partial charge in [0.25, 0.3) is 0 Å². The van der Waals surface area contributed by atoms with Gasteiger partial charge in [0.05, 0.1) is 0 Å². The maximum absolute atomic E-state index is 10.3. The van der Waals surface area contributed by atoms with E-state index >= 15 is 0 Å². The summed E-state index contributed by atoms with van der Waals surface area (Å²) in [6.45, 7) is 0. The summed E-state index contributed by atoms with van der Waals surface area (Å²) in [4.78, 5) is 10.3. The SMILES string of the molecule is Nc1ccc(C(=O)O)c(O)c1.S. The van der Waals surface area contributed by atoms with E-state index < -0.39 is 5.97 Å². The number of carbonyl (C=O) groups is 1. The second-order valence-electron chi connectivity index (χ2n) is 2.08. The molecule has 0 aliphatic rings. The van der Waals surface area contributed by atoms with Gasteiger partial charge in [-0.1, -0.05) is 0 Å². The summed E-state index contributed by atoms with van der Waals surface area (Å²) in [6, 6.07) is 3.87. The molecule has 5 heteroatoms. The van der Waals surface area contributed by atoms with Crippen molar-refractivity contribution in [2.75, 3.05) is 5.73 Å². The van der Waals surface area contributed by atoms with E-state index in [0.717, 1.165) is 0 Å². The summed E-state index contributed by atoms with van der Waals surface area (Å²) in [5, 5.41) is 17.5. The Morgan fingerprint density at radius 3 is 2.42 bits per heavy atom. The first kappa shape index (κ1) is 10.6. The third-order valence-electron chi connectivity index (χ3n) is 1.25. The van der Waals surface area contributed by atoms with Gasteiger partial charge < -0.3 is 15.9 Å². The second-order valence-corrected chi connectivity index (χ2v) is 2.08. The molecule has 0 spiro atoms. The highest BCUT2D eigenvalue weighted by molar-refractivity contribution is 7.59. The highest BCUT2D eigenvalue weighted by atomic mass is 32.1. The Labute approximate surface area is 76.1 Å². The molecule has 4 nitrogen and oxygen atoms in total. The lowest BCUT2D eigenvalue weighted by molar-refractivity contribution is 0.0694. The Kier molecular flexibility index (Phi) is 3.43. The van der Waals surface area contributed by atoms with Crippen LogP contribution in [0.25, 0.3) is 0 Å². The number of benzene rings is 1. The van der Waals surface area contributed by atoms with E-state index in [-0.39, 0.29) is 24.8 Å².